The van der Waals surface area contributed by atoms with Gasteiger partial charge in [-0.25, -0.2) is 0 Å². The Morgan fingerprint density at radius 1 is 1.20 bits per heavy atom. The first-order chi connectivity index (χ1) is 14.5. The Hall–Kier alpha value is -3.99. The number of hydrogen-bond acceptors (Lipinski definition) is 8. The predicted octanol–water partition coefficient (Wildman–Crippen LogP) is 0.497. The third kappa shape index (κ3) is 3.53. The smallest absolute Gasteiger partial charge is 0.322 e. The van der Waals surface area contributed by atoms with Crippen LogP contribution in [0.5, 0.6) is 5.75 Å². The SMILES string of the molecule is O=C(O)CNC(=O)c1c(O)c2c(n(Cc3noc(-c4ccccc4)n3)c1=O)COC2. The van der Waals surface area contributed by atoms with Gasteiger partial charge in [0, 0.05) is 11.1 Å². The number of aromatic nitrogens is 3. The number of fused-ring (bicyclic) bond motifs is 1. The van der Waals surface area contributed by atoms with E-state index in [-0.39, 0.29) is 37.0 Å². The van der Waals surface area contributed by atoms with Crippen LogP contribution < -0.4 is 10.9 Å². The maximum absolute atomic E-state index is 13.0. The molecule has 3 aromatic rings. The monoisotopic (exact) mass is 412 g/mol. The minimum Gasteiger partial charge on any atom is -0.506 e. The fraction of sp³-hybridized carbons (Fsp3) is 0.211. The second kappa shape index (κ2) is 7.79. The lowest BCUT2D eigenvalue weighted by atomic mass is 10.1. The van der Waals surface area contributed by atoms with Crippen molar-refractivity contribution < 1.29 is 29.1 Å². The fourth-order valence-electron chi connectivity index (χ4n) is 3.15. The first kappa shape index (κ1) is 19.3. The number of nitrogens with one attached hydrogen (secondary N) is 1. The largest absolute Gasteiger partial charge is 0.506 e. The van der Waals surface area contributed by atoms with Crippen LogP contribution in [0.1, 0.15) is 27.4 Å². The van der Waals surface area contributed by atoms with Gasteiger partial charge in [0.2, 0.25) is 0 Å². The Bertz CT molecular complexity index is 1180. The molecule has 0 unspecified atom stereocenters. The molecule has 0 aliphatic carbocycles. The second-order valence-corrected chi connectivity index (χ2v) is 6.49. The number of carboxylic acid groups (broad SMARTS) is 1. The molecular weight excluding hydrogens is 396 g/mol. The number of pyridine rings is 1. The van der Waals surface area contributed by atoms with Gasteiger partial charge < -0.3 is 29.4 Å². The van der Waals surface area contributed by atoms with E-state index in [1.54, 1.807) is 12.1 Å². The van der Waals surface area contributed by atoms with Gasteiger partial charge >= 0.3 is 5.97 Å². The maximum Gasteiger partial charge on any atom is 0.322 e. The van der Waals surface area contributed by atoms with E-state index in [9.17, 15) is 19.5 Å². The van der Waals surface area contributed by atoms with E-state index in [4.69, 9.17) is 14.4 Å². The maximum atomic E-state index is 13.0. The van der Waals surface area contributed by atoms with E-state index < -0.39 is 35.3 Å². The van der Waals surface area contributed by atoms with Crippen molar-refractivity contribution in [2.24, 2.45) is 0 Å². The number of amides is 1. The van der Waals surface area contributed by atoms with E-state index in [2.05, 4.69) is 15.5 Å². The molecule has 0 saturated carbocycles. The molecule has 0 bridgehead atoms. The molecule has 1 aliphatic rings. The van der Waals surface area contributed by atoms with Crippen molar-refractivity contribution in [2.75, 3.05) is 6.54 Å². The molecule has 154 valence electrons. The Morgan fingerprint density at radius 2 is 1.97 bits per heavy atom. The molecule has 11 nitrogen and oxygen atoms in total. The molecule has 1 amide bonds. The Kier molecular flexibility index (Phi) is 5.02. The van der Waals surface area contributed by atoms with Crippen LogP contribution in [-0.4, -0.2) is 43.3 Å². The molecule has 4 rings (SSSR count). The van der Waals surface area contributed by atoms with Crippen molar-refractivity contribution in [3.8, 4) is 17.2 Å². The van der Waals surface area contributed by atoms with Crippen LogP contribution in [0.3, 0.4) is 0 Å². The lowest BCUT2D eigenvalue weighted by Gasteiger charge is -2.14. The number of rotatable bonds is 6. The number of ether oxygens (including phenoxy) is 1. The molecule has 0 atom stereocenters. The van der Waals surface area contributed by atoms with E-state index in [0.717, 1.165) is 0 Å². The summed E-state index contributed by atoms with van der Waals surface area (Å²) < 4.78 is 11.8. The average Bonchev–Trinajstić information content (AvgIpc) is 3.40. The molecule has 2 aromatic heterocycles. The van der Waals surface area contributed by atoms with Gasteiger partial charge in [0.05, 0.1) is 25.5 Å². The lowest BCUT2D eigenvalue weighted by molar-refractivity contribution is -0.135. The molecular formula is C19H16N4O7. The van der Waals surface area contributed by atoms with Crippen molar-refractivity contribution >= 4 is 11.9 Å². The predicted molar refractivity (Wildman–Crippen MR) is 99.7 cm³/mol. The van der Waals surface area contributed by atoms with Gasteiger partial charge in [-0.3, -0.25) is 14.4 Å². The van der Waals surface area contributed by atoms with Crippen molar-refractivity contribution in [3.63, 3.8) is 0 Å². The molecule has 0 saturated heterocycles. The number of aromatic hydroxyl groups is 1. The van der Waals surface area contributed by atoms with Crippen molar-refractivity contribution in [1.29, 1.82) is 0 Å². The van der Waals surface area contributed by atoms with Crippen molar-refractivity contribution in [2.45, 2.75) is 19.8 Å². The normalized spacial score (nSPS) is 12.5. The topological polar surface area (TPSA) is 157 Å². The first-order valence-electron chi connectivity index (χ1n) is 8.89. The summed E-state index contributed by atoms with van der Waals surface area (Å²) >= 11 is 0. The summed E-state index contributed by atoms with van der Waals surface area (Å²) in [5.74, 6) is -2.35. The molecule has 1 aliphatic heterocycles. The van der Waals surface area contributed by atoms with Crippen LogP contribution in [0.2, 0.25) is 0 Å². The number of benzene rings is 1. The lowest BCUT2D eigenvalue weighted by Crippen LogP contribution is -2.37. The Balaban J connectivity index is 1.72. The summed E-state index contributed by atoms with van der Waals surface area (Å²) in [5, 5.41) is 25.1. The van der Waals surface area contributed by atoms with Gasteiger partial charge in [0.1, 0.15) is 17.9 Å². The fourth-order valence-corrected chi connectivity index (χ4v) is 3.15. The zero-order valence-corrected chi connectivity index (χ0v) is 15.5. The molecule has 3 N–H and O–H groups in total. The van der Waals surface area contributed by atoms with Crippen molar-refractivity contribution in [1.82, 2.24) is 20.0 Å². The summed E-state index contributed by atoms with van der Waals surface area (Å²) in [6, 6.07) is 9.06. The summed E-state index contributed by atoms with van der Waals surface area (Å²) in [4.78, 5) is 40.3. The van der Waals surface area contributed by atoms with Gasteiger partial charge in [-0.2, -0.15) is 4.98 Å². The summed E-state index contributed by atoms with van der Waals surface area (Å²) in [5.41, 5.74) is -0.00483. The number of nitrogens with zero attached hydrogens (tertiary/aromatic N) is 3. The van der Waals surface area contributed by atoms with Gasteiger partial charge in [-0.15, -0.1) is 0 Å². The quantitative estimate of drug-likeness (QED) is 0.524. The number of carbonyl (C=O) groups excluding carboxylic acids is 1. The summed E-state index contributed by atoms with van der Waals surface area (Å²) in [7, 11) is 0. The van der Waals surface area contributed by atoms with Gasteiger partial charge in [-0.05, 0) is 12.1 Å². The molecule has 0 spiro atoms. The number of carboxylic acids is 1. The van der Waals surface area contributed by atoms with E-state index in [1.807, 2.05) is 18.2 Å². The third-order valence-electron chi connectivity index (χ3n) is 4.56. The zero-order chi connectivity index (χ0) is 21.3. The van der Waals surface area contributed by atoms with Crippen LogP contribution in [0.15, 0.2) is 39.6 Å². The number of hydrogen-bond donors (Lipinski definition) is 3. The molecule has 30 heavy (non-hydrogen) atoms. The highest BCUT2D eigenvalue weighted by Gasteiger charge is 2.29. The summed E-state index contributed by atoms with van der Waals surface area (Å²) in [6.07, 6.45) is 0. The Morgan fingerprint density at radius 3 is 2.70 bits per heavy atom. The van der Waals surface area contributed by atoms with Crippen LogP contribution in [0, 0.1) is 0 Å². The van der Waals surface area contributed by atoms with Crippen LogP contribution in [0.25, 0.3) is 11.5 Å². The molecule has 3 heterocycles. The standard InChI is InChI=1S/C19H16N4O7/c24-14(25)6-20-17(27)15-16(26)11-8-29-9-12(11)23(19(15)28)7-13-21-18(30-22-13)10-4-2-1-3-5-10/h1-5,26H,6-9H2,(H,20,27)(H,24,25). The van der Waals surface area contributed by atoms with Gasteiger partial charge in [-0.1, -0.05) is 23.4 Å². The first-order valence-corrected chi connectivity index (χ1v) is 8.89. The highest BCUT2D eigenvalue weighted by molar-refractivity contribution is 5.98. The molecule has 11 heteroatoms. The molecule has 0 radical (unpaired) electrons. The van der Waals surface area contributed by atoms with E-state index in [1.165, 1.54) is 4.57 Å². The van der Waals surface area contributed by atoms with Crippen LogP contribution >= 0.6 is 0 Å². The average molecular weight is 412 g/mol. The highest BCUT2D eigenvalue weighted by atomic mass is 16.5. The van der Waals surface area contributed by atoms with E-state index in [0.29, 0.717) is 11.3 Å². The van der Waals surface area contributed by atoms with Gasteiger partial charge in [0.25, 0.3) is 17.4 Å². The minimum absolute atomic E-state index is 0.00215. The summed E-state index contributed by atoms with van der Waals surface area (Å²) in [6.45, 7) is -0.766. The minimum atomic E-state index is -1.28. The number of aliphatic carboxylic acids is 1. The van der Waals surface area contributed by atoms with E-state index >= 15 is 0 Å². The van der Waals surface area contributed by atoms with Crippen molar-refractivity contribution in [3.05, 3.63) is 63.3 Å². The van der Waals surface area contributed by atoms with Crippen LogP contribution in [0.4, 0.5) is 0 Å². The third-order valence-corrected chi connectivity index (χ3v) is 4.56. The Labute approximate surface area is 168 Å². The molecule has 1 aromatic carbocycles. The van der Waals surface area contributed by atoms with Gasteiger partial charge in [0.15, 0.2) is 5.82 Å². The second-order valence-electron chi connectivity index (χ2n) is 6.49. The van der Waals surface area contributed by atoms with Crippen LogP contribution in [-0.2, 0) is 29.3 Å². The highest BCUT2D eigenvalue weighted by Crippen LogP contribution is 2.30. The molecule has 0 fully saturated rings. The number of carbonyl (C=O) groups is 2. The zero-order valence-electron chi connectivity index (χ0n) is 15.5.